The van der Waals surface area contributed by atoms with Crippen LogP contribution in [-0.4, -0.2) is 22.4 Å². The topological polar surface area (TPSA) is 92.2 Å². The molecule has 1 atom stereocenters. The number of amides is 3. The Morgan fingerprint density at radius 1 is 0.886 bits per heavy atom. The molecule has 0 radical (unpaired) electrons. The summed E-state index contributed by atoms with van der Waals surface area (Å²) in [5.74, 6) is -2.16. The molecular formula is C27H25ClN4O3. The molecule has 0 fully saturated rings. The van der Waals surface area contributed by atoms with Crippen molar-refractivity contribution >= 4 is 45.9 Å². The molecule has 8 heteroatoms. The molecule has 1 aromatic heterocycles. The molecule has 0 aliphatic heterocycles. The number of hydrogen-bond acceptors (Lipinski definition) is 3. The molecule has 3 aromatic carbocycles. The van der Waals surface area contributed by atoms with E-state index < -0.39 is 17.7 Å². The second kappa shape index (κ2) is 10.0. The highest BCUT2D eigenvalue weighted by Crippen LogP contribution is 2.25. The van der Waals surface area contributed by atoms with Crippen LogP contribution in [0.4, 0.5) is 5.69 Å². The fourth-order valence-electron chi connectivity index (χ4n) is 3.79. The van der Waals surface area contributed by atoms with Gasteiger partial charge in [0.2, 0.25) is 0 Å². The van der Waals surface area contributed by atoms with E-state index >= 15 is 0 Å². The maximum Gasteiger partial charge on any atom is 0.328 e. The molecule has 1 heterocycles. The zero-order chi connectivity index (χ0) is 25.1. The fraction of sp³-hybridized carbons (Fsp3) is 0.148. The van der Waals surface area contributed by atoms with Crippen molar-refractivity contribution in [3.05, 3.63) is 100 Å². The quantitative estimate of drug-likeness (QED) is 0.341. The largest absolute Gasteiger partial charge is 0.341 e. The molecule has 178 valence electrons. The highest BCUT2D eigenvalue weighted by molar-refractivity contribution is 6.38. The van der Waals surface area contributed by atoms with Gasteiger partial charge in [0.15, 0.2) is 0 Å². The monoisotopic (exact) mass is 488 g/mol. The third-order valence-corrected chi connectivity index (χ3v) is 6.15. The lowest BCUT2D eigenvalue weighted by atomic mass is 10.1. The molecule has 0 bridgehead atoms. The van der Waals surface area contributed by atoms with Gasteiger partial charge in [0.05, 0.1) is 11.6 Å². The number of anilines is 1. The van der Waals surface area contributed by atoms with Crippen molar-refractivity contribution in [2.45, 2.75) is 26.8 Å². The minimum Gasteiger partial charge on any atom is -0.341 e. The van der Waals surface area contributed by atoms with Crippen molar-refractivity contribution in [1.82, 2.24) is 9.99 Å². The maximum absolute atomic E-state index is 13.3. The Kier molecular flexibility index (Phi) is 6.89. The van der Waals surface area contributed by atoms with Gasteiger partial charge in [-0.15, -0.1) is 0 Å². The normalized spacial score (nSPS) is 11.7. The van der Waals surface area contributed by atoms with Crippen LogP contribution in [0.2, 0.25) is 5.02 Å². The van der Waals surface area contributed by atoms with Gasteiger partial charge in [0, 0.05) is 16.1 Å². The molecule has 3 N–H and O–H groups in total. The summed E-state index contributed by atoms with van der Waals surface area (Å²) in [5.41, 5.74) is 6.73. The molecule has 0 aliphatic rings. The molecule has 3 amide bonds. The van der Waals surface area contributed by atoms with Gasteiger partial charge in [-0.3, -0.25) is 19.8 Å². The summed E-state index contributed by atoms with van der Waals surface area (Å²) in [6.07, 6.45) is 0. The van der Waals surface area contributed by atoms with Gasteiger partial charge in [-0.2, -0.15) is 0 Å². The van der Waals surface area contributed by atoms with Gasteiger partial charge in [0.1, 0.15) is 5.69 Å². The Bertz CT molecular complexity index is 1430. The van der Waals surface area contributed by atoms with Crippen LogP contribution in [0.5, 0.6) is 0 Å². The van der Waals surface area contributed by atoms with Gasteiger partial charge in [-0.05, 0) is 67.8 Å². The summed E-state index contributed by atoms with van der Waals surface area (Å²) >= 11 is 6.14. The van der Waals surface area contributed by atoms with Gasteiger partial charge in [-0.25, -0.2) is 4.68 Å². The SMILES string of the molecule is Cc1cccc(NC(=O)c2cc3cc(Cl)ccc3n2NC(=O)C(=O)N[C@H](C)c2ccccc2)c1C. The Balaban J connectivity index is 1.61. The van der Waals surface area contributed by atoms with E-state index in [1.54, 1.807) is 37.3 Å². The zero-order valence-corrected chi connectivity index (χ0v) is 20.3. The predicted molar refractivity (Wildman–Crippen MR) is 138 cm³/mol. The van der Waals surface area contributed by atoms with Crippen molar-refractivity contribution < 1.29 is 14.4 Å². The first-order valence-corrected chi connectivity index (χ1v) is 11.5. The number of aromatic nitrogens is 1. The number of aryl methyl sites for hydroxylation is 1. The van der Waals surface area contributed by atoms with E-state index in [0.717, 1.165) is 16.7 Å². The first-order valence-electron chi connectivity index (χ1n) is 11.1. The number of nitrogens with zero attached hydrogens (tertiary/aromatic N) is 1. The second-order valence-electron chi connectivity index (χ2n) is 8.32. The number of carbonyl (C=O) groups excluding carboxylic acids is 3. The second-order valence-corrected chi connectivity index (χ2v) is 8.75. The van der Waals surface area contributed by atoms with E-state index in [1.165, 1.54) is 4.68 Å². The van der Waals surface area contributed by atoms with Crippen molar-refractivity contribution in [3.63, 3.8) is 0 Å². The highest BCUT2D eigenvalue weighted by Gasteiger charge is 2.22. The van der Waals surface area contributed by atoms with Crippen molar-refractivity contribution in [3.8, 4) is 0 Å². The smallest absolute Gasteiger partial charge is 0.328 e. The highest BCUT2D eigenvalue weighted by atomic mass is 35.5. The summed E-state index contributed by atoms with van der Waals surface area (Å²) in [5, 5.41) is 6.70. The van der Waals surface area contributed by atoms with Crippen LogP contribution in [0, 0.1) is 13.8 Å². The van der Waals surface area contributed by atoms with Crippen LogP contribution in [0.15, 0.2) is 72.8 Å². The van der Waals surface area contributed by atoms with Gasteiger partial charge < -0.3 is 10.6 Å². The molecule has 7 nitrogen and oxygen atoms in total. The predicted octanol–water partition coefficient (Wildman–Crippen LogP) is 5.11. The minimum absolute atomic E-state index is 0.153. The lowest BCUT2D eigenvalue weighted by molar-refractivity contribution is -0.137. The number of fused-ring (bicyclic) bond motifs is 1. The molecule has 0 unspecified atom stereocenters. The van der Waals surface area contributed by atoms with Crippen LogP contribution in [0.1, 0.15) is 40.1 Å². The third kappa shape index (κ3) is 5.20. The standard InChI is InChI=1S/C27H25ClN4O3/c1-16-8-7-11-22(17(16)2)30-25(33)24-15-20-14-21(28)12-13-23(20)32(24)31-27(35)26(34)29-18(3)19-9-5-4-6-10-19/h4-15,18H,1-3H3,(H,29,34)(H,30,33)(H,31,35)/t18-/m1/s1. The van der Waals surface area contributed by atoms with Crippen molar-refractivity contribution in [1.29, 1.82) is 0 Å². The van der Waals surface area contributed by atoms with E-state index in [-0.39, 0.29) is 11.7 Å². The Labute approximate surface area is 208 Å². The summed E-state index contributed by atoms with van der Waals surface area (Å²) in [7, 11) is 0. The fourth-order valence-corrected chi connectivity index (χ4v) is 3.97. The van der Waals surface area contributed by atoms with E-state index in [1.807, 2.05) is 56.3 Å². The Morgan fingerprint density at radius 2 is 1.63 bits per heavy atom. The number of carbonyl (C=O) groups is 3. The van der Waals surface area contributed by atoms with Crippen LogP contribution in [-0.2, 0) is 9.59 Å². The lowest BCUT2D eigenvalue weighted by Crippen LogP contribution is -2.40. The summed E-state index contributed by atoms with van der Waals surface area (Å²) in [6.45, 7) is 5.66. The van der Waals surface area contributed by atoms with E-state index in [0.29, 0.717) is 21.6 Å². The molecule has 0 saturated carbocycles. The van der Waals surface area contributed by atoms with Crippen molar-refractivity contribution in [2.75, 3.05) is 10.7 Å². The molecule has 0 aliphatic carbocycles. The molecule has 0 saturated heterocycles. The van der Waals surface area contributed by atoms with Crippen LogP contribution in [0.3, 0.4) is 0 Å². The number of rotatable bonds is 5. The van der Waals surface area contributed by atoms with Crippen LogP contribution >= 0.6 is 11.6 Å². The van der Waals surface area contributed by atoms with E-state index in [4.69, 9.17) is 11.6 Å². The van der Waals surface area contributed by atoms with Gasteiger partial charge in [-0.1, -0.05) is 54.1 Å². The Morgan fingerprint density at radius 3 is 2.37 bits per heavy atom. The zero-order valence-electron chi connectivity index (χ0n) is 19.6. The molecule has 0 spiro atoms. The molecular weight excluding hydrogens is 464 g/mol. The third-order valence-electron chi connectivity index (χ3n) is 5.92. The number of benzene rings is 3. The summed E-state index contributed by atoms with van der Waals surface area (Å²) in [6, 6.07) is 21.2. The number of halogens is 1. The van der Waals surface area contributed by atoms with Gasteiger partial charge >= 0.3 is 11.8 Å². The first kappa shape index (κ1) is 24.0. The molecule has 4 aromatic rings. The molecule has 4 rings (SSSR count). The maximum atomic E-state index is 13.3. The summed E-state index contributed by atoms with van der Waals surface area (Å²) in [4.78, 5) is 38.7. The average molecular weight is 489 g/mol. The lowest BCUT2D eigenvalue weighted by Gasteiger charge is -2.16. The summed E-state index contributed by atoms with van der Waals surface area (Å²) < 4.78 is 1.31. The van der Waals surface area contributed by atoms with Crippen molar-refractivity contribution in [2.24, 2.45) is 0 Å². The van der Waals surface area contributed by atoms with E-state index in [9.17, 15) is 14.4 Å². The average Bonchev–Trinajstić information content (AvgIpc) is 3.19. The first-order chi connectivity index (χ1) is 16.7. The Hall–Kier alpha value is -4.10. The van der Waals surface area contributed by atoms with Crippen LogP contribution < -0.4 is 16.1 Å². The number of nitrogens with one attached hydrogen (secondary N) is 3. The minimum atomic E-state index is -0.902. The molecule has 35 heavy (non-hydrogen) atoms. The van der Waals surface area contributed by atoms with Crippen LogP contribution in [0.25, 0.3) is 10.9 Å². The van der Waals surface area contributed by atoms with E-state index in [2.05, 4.69) is 16.1 Å². The number of hydrogen-bond donors (Lipinski definition) is 3. The van der Waals surface area contributed by atoms with Gasteiger partial charge in [0.25, 0.3) is 5.91 Å².